The van der Waals surface area contributed by atoms with Gasteiger partial charge in [-0.3, -0.25) is 0 Å². The Labute approximate surface area is 137 Å². The molecule has 0 saturated carbocycles. The third kappa shape index (κ3) is 4.61. The van der Waals surface area contributed by atoms with Gasteiger partial charge >= 0.3 is 0 Å². The van der Waals surface area contributed by atoms with Crippen molar-refractivity contribution in [3.05, 3.63) is 47.6 Å². The van der Waals surface area contributed by atoms with Crippen LogP contribution in [0.15, 0.2) is 42.6 Å². The molecule has 0 unspecified atom stereocenters. The molecule has 0 atom stereocenters. The summed E-state index contributed by atoms with van der Waals surface area (Å²) in [4.78, 5) is 6.71. The molecule has 2 rings (SSSR count). The fourth-order valence-corrected chi connectivity index (χ4v) is 2.30. The van der Waals surface area contributed by atoms with E-state index in [1.165, 1.54) is 0 Å². The van der Waals surface area contributed by atoms with E-state index >= 15 is 0 Å². The smallest absolute Gasteiger partial charge is 0.169 e. The van der Waals surface area contributed by atoms with Gasteiger partial charge in [0.25, 0.3) is 0 Å². The van der Waals surface area contributed by atoms with Gasteiger partial charge in [0.15, 0.2) is 11.6 Å². The summed E-state index contributed by atoms with van der Waals surface area (Å²) in [5.41, 5.74) is 0. The number of nitrogens with zero attached hydrogens (tertiary/aromatic N) is 2. The molecule has 22 heavy (non-hydrogen) atoms. The van der Waals surface area contributed by atoms with Crippen molar-refractivity contribution in [1.82, 2.24) is 9.88 Å². The second kappa shape index (κ2) is 8.61. The van der Waals surface area contributed by atoms with Gasteiger partial charge in [-0.1, -0.05) is 37.6 Å². The van der Waals surface area contributed by atoms with Gasteiger partial charge in [0.2, 0.25) is 0 Å². The molecular weight excluding hydrogens is 298 g/mol. The predicted molar refractivity (Wildman–Crippen MR) is 92.0 cm³/mol. The van der Waals surface area contributed by atoms with Crippen LogP contribution in [0.5, 0.6) is 11.5 Å². The molecule has 0 bridgehead atoms. The van der Waals surface area contributed by atoms with Gasteiger partial charge in [-0.15, -0.1) is 0 Å². The standard InChI is InChI=1S/C17H22ClN3O/c1-3-21(4-2)13-12-20-17-16(10-7-11-19-17)22-15-9-6-5-8-14(15)18/h5-11H,3-4,12-13H2,1-2H3,(H,19,20). The molecule has 0 aliphatic carbocycles. The zero-order valence-corrected chi connectivity index (χ0v) is 13.8. The second-order valence-electron chi connectivity index (χ2n) is 4.84. The van der Waals surface area contributed by atoms with E-state index in [9.17, 15) is 0 Å². The van der Waals surface area contributed by atoms with Crippen molar-refractivity contribution in [2.24, 2.45) is 0 Å². The Morgan fingerprint density at radius 1 is 1.09 bits per heavy atom. The summed E-state index contributed by atoms with van der Waals surface area (Å²) in [5.74, 6) is 2.04. The largest absolute Gasteiger partial charge is 0.452 e. The van der Waals surface area contributed by atoms with Gasteiger partial charge in [0.1, 0.15) is 5.75 Å². The summed E-state index contributed by atoms with van der Waals surface area (Å²) in [7, 11) is 0. The average Bonchev–Trinajstić information content (AvgIpc) is 2.55. The van der Waals surface area contributed by atoms with Crippen molar-refractivity contribution in [2.75, 3.05) is 31.5 Å². The number of para-hydroxylation sites is 1. The Hall–Kier alpha value is -1.78. The van der Waals surface area contributed by atoms with Crippen LogP contribution in [0.3, 0.4) is 0 Å². The topological polar surface area (TPSA) is 37.4 Å². The minimum atomic E-state index is 0.584. The van der Waals surface area contributed by atoms with Crippen molar-refractivity contribution >= 4 is 17.4 Å². The number of likely N-dealkylation sites (N-methyl/N-ethyl adjacent to an activating group) is 1. The normalized spacial score (nSPS) is 10.7. The maximum absolute atomic E-state index is 6.14. The molecule has 0 radical (unpaired) electrons. The molecule has 0 aliphatic heterocycles. The van der Waals surface area contributed by atoms with Crippen LogP contribution in [0.4, 0.5) is 5.82 Å². The number of hydrogen-bond donors (Lipinski definition) is 1. The number of aromatic nitrogens is 1. The lowest BCUT2D eigenvalue weighted by Crippen LogP contribution is -2.28. The van der Waals surface area contributed by atoms with E-state index < -0.39 is 0 Å². The maximum atomic E-state index is 6.14. The van der Waals surface area contributed by atoms with Gasteiger partial charge in [-0.25, -0.2) is 4.98 Å². The molecule has 2 aromatic rings. The van der Waals surface area contributed by atoms with E-state index in [4.69, 9.17) is 16.3 Å². The fourth-order valence-electron chi connectivity index (χ4n) is 2.12. The molecule has 0 aliphatic rings. The number of nitrogens with one attached hydrogen (secondary N) is 1. The lowest BCUT2D eigenvalue weighted by molar-refractivity contribution is 0.315. The van der Waals surface area contributed by atoms with Crippen LogP contribution in [0.2, 0.25) is 5.02 Å². The number of halogens is 1. The monoisotopic (exact) mass is 319 g/mol. The summed E-state index contributed by atoms with van der Waals surface area (Å²) in [6, 6.07) is 11.2. The van der Waals surface area contributed by atoms with Gasteiger partial charge in [-0.2, -0.15) is 0 Å². The van der Waals surface area contributed by atoms with E-state index in [1.807, 2.05) is 30.3 Å². The summed E-state index contributed by atoms with van der Waals surface area (Å²) in [5, 5.41) is 3.91. The molecule has 0 fully saturated rings. The first kappa shape index (κ1) is 16.6. The van der Waals surface area contributed by atoms with Crippen molar-refractivity contribution in [1.29, 1.82) is 0 Å². The van der Waals surface area contributed by atoms with Crippen LogP contribution in [0.1, 0.15) is 13.8 Å². The van der Waals surface area contributed by atoms with Crippen LogP contribution in [-0.4, -0.2) is 36.1 Å². The minimum absolute atomic E-state index is 0.584. The number of pyridine rings is 1. The van der Waals surface area contributed by atoms with Crippen LogP contribution in [-0.2, 0) is 0 Å². The van der Waals surface area contributed by atoms with Gasteiger partial charge in [0, 0.05) is 19.3 Å². The van der Waals surface area contributed by atoms with Crippen LogP contribution in [0, 0.1) is 0 Å². The number of hydrogen-bond acceptors (Lipinski definition) is 4. The Bertz CT molecular complexity index is 588. The lowest BCUT2D eigenvalue weighted by Gasteiger charge is -2.19. The fraction of sp³-hybridized carbons (Fsp3) is 0.353. The van der Waals surface area contributed by atoms with E-state index in [-0.39, 0.29) is 0 Å². The third-order valence-electron chi connectivity index (χ3n) is 3.44. The Morgan fingerprint density at radius 2 is 1.82 bits per heavy atom. The summed E-state index contributed by atoms with van der Waals surface area (Å²) in [6.07, 6.45) is 1.75. The number of ether oxygens (including phenoxy) is 1. The highest BCUT2D eigenvalue weighted by Gasteiger charge is 2.08. The first-order valence-electron chi connectivity index (χ1n) is 7.58. The van der Waals surface area contributed by atoms with Crippen molar-refractivity contribution in [3.8, 4) is 11.5 Å². The number of rotatable bonds is 8. The van der Waals surface area contributed by atoms with Crippen LogP contribution >= 0.6 is 11.6 Å². The van der Waals surface area contributed by atoms with Gasteiger partial charge in [-0.05, 0) is 37.4 Å². The molecule has 0 saturated heterocycles. The quantitative estimate of drug-likeness (QED) is 0.788. The van der Waals surface area contributed by atoms with E-state index in [0.717, 1.165) is 32.0 Å². The lowest BCUT2D eigenvalue weighted by atomic mass is 10.3. The van der Waals surface area contributed by atoms with E-state index in [2.05, 4.69) is 29.0 Å². The second-order valence-corrected chi connectivity index (χ2v) is 5.24. The molecule has 5 heteroatoms. The van der Waals surface area contributed by atoms with Crippen LogP contribution in [0.25, 0.3) is 0 Å². The van der Waals surface area contributed by atoms with Gasteiger partial charge in [0.05, 0.1) is 5.02 Å². The molecule has 4 nitrogen and oxygen atoms in total. The molecular formula is C17H22ClN3O. The SMILES string of the molecule is CCN(CC)CCNc1ncccc1Oc1ccccc1Cl. The number of anilines is 1. The summed E-state index contributed by atoms with van der Waals surface area (Å²) >= 11 is 6.14. The average molecular weight is 320 g/mol. The molecule has 118 valence electrons. The molecule has 0 spiro atoms. The Kier molecular flexibility index (Phi) is 6.49. The number of benzene rings is 1. The Balaban J connectivity index is 2.02. The zero-order valence-electron chi connectivity index (χ0n) is 13.1. The molecule has 1 N–H and O–H groups in total. The van der Waals surface area contributed by atoms with Crippen molar-refractivity contribution < 1.29 is 4.74 Å². The molecule has 1 heterocycles. The van der Waals surface area contributed by atoms with Crippen LogP contribution < -0.4 is 10.1 Å². The zero-order chi connectivity index (χ0) is 15.8. The first-order valence-corrected chi connectivity index (χ1v) is 7.96. The molecule has 0 amide bonds. The van der Waals surface area contributed by atoms with Crippen molar-refractivity contribution in [3.63, 3.8) is 0 Å². The first-order chi connectivity index (χ1) is 10.7. The summed E-state index contributed by atoms with van der Waals surface area (Å²) < 4.78 is 5.88. The maximum Gasteiger partial charge on any atom is 0.169 e. The predicted octanol–water partition coefficient (Wildman–Crippen LogP) is 4.28. The van der Waals surface area contributed by atoms with Gasteiger partial charge < -0.3 is 15.0 Å². The highest BCUT2D eigenvalue weighted by atomic mass is 35.5. The molecule has 1 aromatic carbocycles. The highest BCUT2D eigenvalue weighted by Crippen LogP contribution is 2.32. The molecule has 1 aromatic heterocycles. The van der Waals surface area contributed by atoms with E-state index in [0.29, 0.717) is 16.5 Å². The minimum Gasteiger partial charge on any atom is -0.452 e. The Morgan fingerprint density at radius 3 is 2.55 bits per heavy atom. The van der Waals surface area contributed by atoms with Crippen molar-refractivity contribution in [2.45, 2.75) is 13.8 Å². The van der Waals surface area contributed by atoms with E-state index in [1.54, 1.807) is 12.3 Å². The highest BCUT2D eigenvalue weighted by molar-refractivity contribution is 6.32. The summed E-state index contributed by atoms with van der Waals surface area (Å²) in [6.45, 7) is 8.20. The third-order valence-corrected chi connectivity index (χ3v) is 3.75.